The number of nitrogens with one attached hydrogen (secondary N) is 1. The second kappa shape index (κ2) is 15.9. The fourth-order valence-corrected chi connectivity index (χ4v) is 7.69. The van der Waals surface area contributed by atoms with Crippen molar-refractivity contribution in [2.45, 2.75) is 94.6 Å². The summed E-state index contributed by atoms with van der Waals surface area (Å²) in [4.78, 5) is 12.4. The summed E-state index contributed by atoms with van der Waals surface area (Å²) in [7, 11) is 0. The van der Waals surface area contributed by atoms with Gasteiger partial charge >= 0.3 is 5.97 Å². The second-order valence-corrected chi connectivity index (χ2v) is 13.2. The Morgan fingerprint density at radius 3 is 2.60 bits per heavy atom. The van der Waals surface area contributed by atoms with Crippen LogP contribution in [0, 0.1) is 17.8 Å². The molecule has 1 aromatic heterocycles. The first kappa shape index (κ1) is 36.5. The van der Waals surface area contributed by atoms with Gasteiger partial charge in [0, 0.05) is 36.8 Å². The van der Waals surface area contributed by atoms with Crippen molar-refractivity contribution >= 4 is 16.9 Å². The maximum absolute atomic E-state index is 12.5. The highest BCUT2D eigenvalue weighted by atomic mass is 16.7. The van der Waals surface area contributed by atoms with Crippen molar-refractivity contribution < 1.29 is 58.8 Å². The lowest BCUT2D eigenvalue weighted by molar-refractivity contribution is -0.391. The fourth-order valence-electron chi connectivity index (χ4n) is 7.69. The summed E-state index contributed by atoms with van der Waals surface area (Å²) in [6.45, 7) is 4.41. The van der Waals surface area contributed by atoms with Gasteiger partial charge in [-0.3, -0.25) is 4.79 Å². The van der Waals surface area contributed by atoms with Crippen molar-refractivity contribution in [1.82, 2.24) is 5.32 Å². The number of unbranched alkanes of at least 4 members (excludes halogenated alkanes) is 3. The number of fused-ring (bicyclic) bond motifs is 5. The predicted octanol–water partition coefficient (Wildman–Crippen LogP) is 1.57. The van der Waals surface area contributed by atoms with E-state index < -0.39 is 72.7 Å². The van der Waals surface area contributed by atoms with E-state index in [1.54, 1.807) is 25.1 Å². The maximum atomic E-state index is 12.5. The van der Waals surface area contributed by atoms with Crippen LogP contribution >= 0.6 is 0 Å². The molecule has 2 heterocycles. The van der Waals surface area contributed by atoms with Gasteiger partial charge in [0.25, 0.3) is 0 Å². The summed E-state index contributed by atoms with van der Waals surface area (Å²) >= 11 is 0. The van der Waals surface area contributed by atoms with Gasteiger partial charge in [0.2, 0.25) is 12.0 Å². The van der Waals surface area contributed by atoms with Crippen LogP contribution in [-0.2, 0) is 20.7 Å². The smallest absolute Gasteiger partial charge is 0.306 e. The molecule has 48 heavy (non-hydrogen) atoms. The number of aryl methyl sites for hydroxylation is 1. The summed E-state index contributed by atoms with van der Waals surface area (Å²) in [6.07, 6.45) is 3.03. The van der Waals surface area contributed by atoms with E-state index in [0.717, 1.165) is 25.8 Å². The Morgan fingerprint density at radius 2 is 1.88 bits per heavy atom. The third-order valence-electron chi connectivity index (χ3n) is 10.1. The van der Waals surface area contributed by atoms with Crippen molar-refractivity contribution in [2.75, 3.05) is 39.5 Å². The molecule has 2 aliphatic carbocycles. The van der Waals surface area contributed by atoms with E-state index in [1.165, 1.54) is 18.8 Å². The molecule has 9 unspecified atom stereocenters. The van der Waals surface area contributed by atoms with Gasteiger partial charge in [-0.15, -0.1) is 0 Å². The summed E-state index contributed by atoms with van der Waals surface area (Å²) in [5, 5.41) is 71.4. The number of esters is 1. The first-order valence-corrected chi connectivity index (χ1v) is 17.2. The van der Waals surface area contributed by atoms with Gasteiger partial charge in [0.05, 0.1) is 25.6 Å². The zero-order chi connectivity index (χ0) is 34.5. The molecule has 3 aliphatic rings. The van der Waals surface area contributed by atoms with Crippen molar-refractivity contribution in [3.63, 3.8) is 0 Å². The minimum Gasteiger partial charge on any atom is -0.485 e. The molecule has 2 bridgehead atoms. The van der Waals surface area contributed by atoms with Gasteiger partial charge in [0.15, 0.2) is 16.9 Å². The molecule has 5 rings (SSSR count). The van der Waals surface area contributed by atoms with Crippen LogP contribution < -0.4 is 14.8 Å². The van der Waals surface area contributed by atoms with Gasteiger partial charge < -0.3 is 59.3 Å². The molecule has 13 heteroatoms. The third kappa shape index (κ3) is 6.97. The van der Waals surface area contributed by atoms with Crippen LogP contribution in [0.1, 0.15) is 57.9 Å². The minimum atomic E-state index is -2.38. The molecular formula is C35H51NO12. The van der Waals surface area contributed by atoms with Crippen LogP contribution in [0.4, 0.5) is 0 Å². The molecule has 268 valence electrons. The number of rotatable bonds is 17. The Morgan fingerprint density at radius 1 is 1.06 bits per heavy atom. The quantitative estimate of drug-likeness (QED) is 0.0724. The SMILES string of the molecule is CCCCCCNCCOc1c(OC2OC(CO)C3(O)CC4C=CC(O)C(CO)C4C2(O)C3O)c(CCC(=O)OCC)cc2ccoc12. The monoisotopic (exact) mass is 677 g/mol. The van der Waals surface area contributed by atoms with E-state index >= 15 is 0 Å². The standard InChI is InChI=1S/C35H51NO12/c1-3-5-6-7-13-36-14-16-46-31-29-22(12-15-45-29)17-21(9-11-27(40)44-4-2)30(31)48-33-35(43)28-23(8-10-25(39)24(28)19-37)18-34(42,32(35)41)26(20-38)47-33/h8,10,12,15,17,23-26,28,32-33,36-39,41-43H,3-7,9,11,13-14,16,18-20H2,1-2H3. The van der Waals surface area contributed by atoms with Crippen LogP contribution in [0.15, 0.2) is 35.0 Å². The van der Waals surface area contributed by atoms with E-state index in [4.69, 9.17) is 23.4 Å². The van der Waals surface area contributed by atoms with Gasteiger partial charge in [-0.05, 0) is 56.3 Å². The highest BCUT2D eigenvalue weighted by molar-refractivity contribution is 5.87. The Kier molecular flexibility index (Phi) is 12.1. The lowest BCUT2D eigenvalue weighted by Gasteiger charge is -2.63. The predicted molar refractivity (Wildman–Crippen MR) is 173 cm³/mol. The van der Waals surface area contributed by atoms with Crippen molar-refractivity contribution in [2.24, 2.45) is 17.8 Å². The number of hydrogen-bond donors (Lipinski definition) is 7. The molecule has 0 spiro atoms. The first-order valence-electron chi connectivity index (χ1n) is 17.2. The summed E-state index contributed by atoms with van der Waals surface area (Å²) in [6, 6.07) is 3.51. The molecule has 7 N–H and O–H groups in total. The largest absolute Gasteiger partial charge is 0.485 e. The van der Waals surface area contributed by atoms with E-state index in [9.17, 15) is 35.4 Å². The molecule has 0 radical (unpaired) electrons. The Balaban J connectivity index is 1.53. The topological polar surface area (TPSA) is 201 Å². The average molecular weight is 678 g/mol. The molecule has 1 aromatic carbocycles. The number of benzene rings is 1. The van der Waals surface area contributed by atoms with Gasteiger partial charge in [0.1, 0.15) is 24.4 Å². The highest BCUT2D eigenvalue weighted by Crippen LogP contribution is 2.56. The zero-order valence-corrected chi connectivity index (χ0v) is 27.8. The Labute approximate surface area is 280 Å². The summed E-state index contributed by atoms with van der Waals surface area (Å²) in [5.41, 5.74) is -3.61. The van der Waals surface area contributed by atoms with E-state index in [0.29, 0.717) is 23.1 Å². The minimum absolute atomic E-state index is 0.00197. The number of allylic oxidation sites excluding steroid dienone is 1. The normalized spacial score (nSPS) is 32.6. The number of aliphatic hydroxyl groups is 6. The molecule has 1 saturated carbocycles. The van der Waals surface area contributed by atoms with Gasteiger partial charge in [-0.2, -0.15) is 0 Å². The lowest BCUT2D eigenvalue weighted by Crippen LogP contribution is -2.81. The van der Waals surface area contributed by atoms with Crippen molar-refractivity contribution in [3.05, 3.63) is 36.1 Å². The number of furan rings is 1. The summed E-state index contributed by atoms with van der Waals surface area (Å²) in [5.74, 6) is -2.72. The van der Waals surface area contributed by atoms with Gasteiger partial charge in [-0.1, -0.05) is 38.3 Å². The maximum Gasteiger partial charge on any atom is 0.306 e. The summed E-state index contributed by atoms with van der Waals surface area (Å²) < 4.78 is 29.9. The van der Waals surface area contributed by atoms with Crippen LogP contribution in [0.2, 0.25) is 0 Å². The molecule has 1 saturated heterocycles. The molecule has 2 fully saturated rings. The van der Waals surface area contributed by atoms with Crippen LogP contribution in [-0.4, -0.2) is 112 Å². The number of carbonyl (C=O) groups is 1. The molecule has 13 nitrogen and oxygen atoms in total. The average Bonchev–Trinajstić information content (AvgIpc) is 3.54. The Bertz CT molecular complexity index is 1400. The third-order valence-corrected chi connectivity index (χ3v) is 10.1. The molecule has 1 aliphatic heterocycles. The van der Waals surface area contributed by atoms with E-state index in [2.05, 4.69) is 12.2 Å². The van der Waals surface area contributed by atoms with Gasteiger partial charge in [-0.25, -0.2) is 0 Å². The lowest BCUT2D eigenvalue weighted by atomic mass is 9.53. The second-order valence-electron chi connectivity index (χ2n) is 13.2. The van der Waals surface area contributed by atoms with E-state index in [-0.39, 0.29) is 44.0 Å². The van der Waals surface area contributed by atoms with Crippen molar-refractivity contribution in [3.8, 4) is 11.5 Å². The highest BCUT2D eigenvalue weighted by Gasteiger charge is 2.72. The van der Waals surface area contributed by atoms with Crippen LogP contribution in [0.25, 0.3) is 11.0 Å². The molecule has 9 atom stereocenters. The van der Waals surface area contributed by atoms with Crippen LogP contribution in [0.3, 0.4) is 0 Å². The number of hydrogen-bond acceptors (Lipinski definition) is 13. The van der Waals surface area contributed by atoms with E-state index in [1.807, 2.05) is 0 Å². The fraction of sp³-hybridized carbons (Fsp3) is 0.686. The van der Waals surface area contributed by atoms with Crippen LogP contribution in [0.5, 0.6) is 11.5 Å². The Hall–Kier alpha value is -2.75. The number of aliphatic hydroxyl groups excluding tert-OH is 4. The molecule has 2 aromatic rings. The zero-order valence-electron chi connectivity index (χ0n) is 27.8. The number of carbonyl (C=O) groups excluding carboxylic acids is 1. The first-order chi connectivity index (χ1) is 23.1. The van der Waals surface area contributed by atoms with Crippen molar-refractivity contribution in [1.29, 1.82) is 0 Å². The molecule has 0 amide bonds. The number of ether oxygens (including phenoxy) is 4. The molecular weight excluding hydrogens is 626 g/mol.